The molecule has 0 radical (unpaired) electrons. The second kappa shape index (κ2) is 4.91. The third kappa shape index (κ3) is 2.50. The number of hydrogen-bond donors (Lipinski definition) is 0. The van der Waals surface area contributed by atoms with Crippen molar-refractivity contribution in [1.29, 1.82) is 0 Å². The van der Waals surface area contributed by atoms with Gasteiger partial charge in [0.2, 0.25) is 0 Å². The average Bonchev–Trinajstić information content (AvgIpc) is 2.58. The molecule has 1 atom stereocenters. The molecule has 0 fully saturated rings. The molecule has 2 aromatic rings. The second-order valence-corrected chi connectivity index (χ2v) is 6.48. The van der Waals surface area contributed by atoms with Crippen LogP contribution in [0.15, 0.2) is 30.3 Å². The summed E-state index contributed by atoms with van der Waals surface area (Å²) in [5.41, 5.74) is 3.71. The fraction of sp³-hybridized carbons (Fsp3) is 0.231. The number of aryl methyl sites for hydroxylation is 2. The van der Waals surface area contributed by atoms with Crippen LogP contribution < -0.4 is 0 Å². The highest BCUT2D eigenvalue weighted by Gasteiger charge is 2.14. The van der Waals surface area contributed by atoms with Gasteiger partial charge < -0.3 is 0 Å². The summed E-state index contributed by atoms with van der Waals surface area (Å²) >= 11 is 11.5. The first-order chi connectivity index (χ1) is 7.58. The molecule has 2 rings (SSSR count). The van der Waals surface area contributed by atoms with Gasteiger partial charge in [0.15, 0.2) is 0 Å². The van der Waals surface area contributed by atoms with E-state index in [1.807, 2.05) is 6.92 Å². The fourth-order valence-corrected chi connectivity index (χ4v) is 3.52. The van der Waals surface area contributed by atoms with Crippen molar-refractivity contribution in [3.8, 4) is 0 Å². The molecule has 0 N–H and O–H groups in total. The van der Waals surface area contributed by atoms with Gasteiger partial charge in [-0.25, -0.2) is 0 Å². The number of halogens is 2. The fourth-order valence-electron chi connectivity index (χ4n) is 1.60. The Morgan fingerprint density at radius 3 is 2.56 bits per heavy atom. The van der Waals surface area contributed by atoms with Crippen LogP contribution >= 0.6 is 38.9 Å². The Kier molecular flexibility index (Phi) is 3.73. The van der Waals surface area contributed by atoms with E-state index in [1.165, 1.54) is 16.0 Å². The Balaban J connectivity index is 2.35. The monoisotopic (exact) mass is 314 g/mol. The molecular formula is C13H12BrClS. The lowest BCUT2D eigenvalue weighted by atomic mass is 10.1. The molecule has 1 heterocycles. The summed E-state index contributed by atoms with van der Waals surface area (Å²) in [5.74, 6) is 0. The minimum atomic E-state index is 0.239. The average molecular weight is 316 g/mol. The van der Waals surface area contributed by atoms with E-state index in [0.717, 1.165) is 9.90 Å². The van der Waals surface area contributed by atoms with Crippen LogP contribution in [0, 0.1) is 13.8 Å². The molecule has 0 aliphatic rings. The van der Waals surface area contributed by atoms with Crippen molar-refractivity contribution in [2.45, 2.75) is 18.7 Å². The van der Waals surface area contributed by atoms with Crippen molar-refractivity contribution in [2.75, 3.05) is 0 Å². The topological polar surface area (TPSA) is 0 Å². The van der Waals surface area contributed by atoms with Gasteiger partial charge in [-0.15, -0.1) is 11.3 Å². The molecule has 16 heavy (non-hydrogen) atoms. The predicted octanol–water partition coefficient (Wildman–Crippen LogP) is 5.50. The standard InChI is InChI=1S/C13H12BrClS/c1-8-4-3-5-10(6-8)12(14)11-7-9(2)13(15)16-11/h3-7,12H,1-2H3. The lowest BCUT2D eigenvalue weighted by molar-refractivity contribution is 1.21. The molecule has 1 aromatic carbocycles. The summed E-state index contributed by atoms with van der Waals surface area (Å²) in [5, 5.41) is 0. The second-order valence-electron chi connectivity index (χ2n) is 3.88. The molecule has 0 aliphatic heterocycles. The van der Waals surface area contributed by atoms with Gasteiger partial charge in [-0.1, -0.05) is 57.4 Å². The smallest absolute Gasteiger partial charge is 0.0960 e. The number of rotatable bonds is 2. The van der Waals surface area contributed by atoms with E-state index >= 15 is 0 Å². The highest BCUT2D eigenvalue weighted by molar-refractivity contribution is 9.09. The van der Waals surface area contributed by atoms with Crippen LogP contribution in [0.2, 0.25) is 4.34 Å². The van der Waals surface area contributed by atoms with E-state index in [1.54, 1.807) is 11.3 Å². The highest BCUT2D eigenvalue weighted by atomic mass is 79.9. The van der Waals surface area contributed by atoms with Crippen LogP contribution in [0.25, 0.3) is 0 Å². The van der Waals surface area contributed by atoms with E-state index in [2.05, 4.69) is 53.2 Å². The molecule has 1 unspecified atom stereocenters. The van der Waals surface area contributed by atoms with Crippen LogP contribution in [0.5, 0.6) is 0 Å². The molecule has 0 nitrogen and oxygen atoms in total. The normalized spacial score (nSPS) is 12.8. The molecule has 1 aromatic heterocycles. The highest BCUT2D eigenvalue weighted by Crippen LogP contribution is 2.38. The summed E-state index contributed by atoms with van der Waals surface area (Å²) in [6, 6.07) is 10.7. The molecule has 0 saturated carbocycles. The summed E-state index contributed by atoms with van der Waals surface area (Å²) in [7, 11) is 0. The van der Waals surface area contributed by atoms with Crippen molar-refractivity contribution < 1.29 is 0 Å². The van der Waals surface area contributed by atoms with Gasteiger partial charge in [0.05, 0.1) is 9.16 Å². The van der Waals surface area contributed by atoms with Crippen molar-refractivity contribution in [2.24, 2.45) is 0 Å². The molecule has 0 bridgehead atoms. The van der Waals surface area contributed by atoms with Crippen LogP contribution in [0.3, 0.4) is 0 Å². The first-order valence-corrected chi connectivity index (χ1v) is 7.15. The largest absolute Gasteiger partial charge is 0.127 e. The molecule has 0 saturated heterocycles. The first kappa shape index (κ1) is 12.2. The molecule has 0 aliphatic carbocycles. The Hall–Kier alpha value is -0.310. The van der Waals surface area contributed by atoms with E-state index in [4.69, 9.17) is 11.6 Å². The molecule has 0 spiro atoms. The lowest BCUT2D eigenvalue weighted by Crippen LogP contribution is -1.89. The van der Waals surface area contributed by atoms with Crippen molar-refractivity contribution in [1.82, 2.24) is 0 Å². The summed E-state index contributed by atoms with van der Waals surface area (Å²) in [6.45, 7) is 4.15. The van der Waals surface area contributed by atoms with Gasteiger partial charge in [-0.05, 0) is 31.0 Å². The van der Waals surface area contributed by atoms with Gasteiger partial charge in [0.25, 0.3) is 0 Å². The molecular weight excluding hydrogens is 304 g/mol. The first-order valence-electron chi connectivity index (χ1n) is 5.04. The van der Waals surface area contributed by atoms with Crippen LogP contribution in [0.1, 0.15) is 26.4 Å². The SMILES string of the molecule is Cc1cccc(C(Br)c2cc(C)c(Cl)s2)c1. The Labute approximate surface area is 113 Å². The zero-order chi connectivity index (χ0) is 11.7. The van der Waals surface area contributed by atoms with Crippen molar-refractivity contribution in [3.63, 3.8) is 0 Å². The predicted molar refractivity (Wildman–Crippen MR) is 76.0 cm³/mol. The molecule has 84 valence electrons. The van der Waals surface area contributed by atoms with E-state index in [-0.39, 0.29) is 4.83 Å². The number of hydrogen-bond acceptors (Lipinski definition) is 1. The van der Waals surface area contributed by atoms with Crippen LogP contribution in [0.4, 0.5) is 0 Å². The van der Waals surface area contributed by atoms with Crippen molar-refractivity contribution in [3.05, 3.63) is 56.2 Å². The minimum Gasteiger partial charge on any atom is -0.127 e. The summed E-state index contributed by atoms with van der Waals surface area (Å²) in [6.07, 6.45) is 0. The summed E-state index contributed by atoms with van der Waals surface area (Å²) in [4.78, 5) is 1.50. The maximum absolute atomic E-state index is 6.09. The van der Waals surface area contributed by atoms with E-state index in [0.29, 0.717) is 0 Å². The zero-order valence-corrected chi connectivity index (χ0v) is 12.3. The Morgan fingerprint density at radius 2 is 2.00 bits per heavy atom. The molecule has 3 heteroatoms. The van der Waals surface area contributed by atoms with Gasteiger partial charge in [-0.2, -0.15) is 0 Å². The van der Waals surface area contributed by atoms with Gasteiger partial charge >= 0.3 is 0 Å². The Bertz CT molecular complexity index is 485. The summed E-state index contributed by atoms with van der Waals surface area (Å²) < 4.78 is 0.882. The third-order valence-corrected chi connectivity index (χ3v) is 5.41. The number of alkyl halides is 1. The van der Waals surface area contributed by atoms with Gasteiger partial charge in [-0.3, -0.25) is 0 Å². The maximum Gasteiger partial charge on any atom is 0.0960 e. The quantitative estimate of drug-likeness (QED) is 0.642. The third-order valence-electron chi connectivity index (χ3n) is 2.46. The molecule has 0 amide bonds. The van der Waals surface area contributed by atoms with E-state index in [9.17, 15) is 0 Å². The maximum atomic E-state index is 6.09. The number of thiophene rings is 1. The van der Waals surface area contributed by atoms with Gasteiger partial charge in [0, 0.05) is 4.88 Å². The van der Waals surface area contributed by atoms with Gasteiger partial charge in [0.1, 0.15) is 0 Å². The number of benzene rings is 1. The minimum absolute atomic E-state index is 0.239. The lowest BCUT2D eigenvalue weighted by Gasteiger charge is -2.08. The van der Waals surface area contributed by atoms with Crippen LogP contribution in [-0.4, -0.2) is 0 Å². The van der Waals surface area contributed by atoms with E-state index < -0.39 is 0 Å². The van der Waals surface area contributed by atoms with Crippen LogP contribution in [-0.2, 0) is 0 Å². The Morgan fingerprint density at radius 1 is 1.25 bits per heavy atom. The zero-order valence-electron chi connectivity index (χ0n) is 9.13. The van der Waals surface area contributed by atoms with Crippen molar-refractivity contribution >= 4 is 38.9 Å².